The molecule has 0 spiro atoms. The number of hydrogen-bond donors (Lipinski definition) is 4. The number of sulfonamides is 1. The Morgan fingerprint density at radius 2 is 2.20 bits per heavy atom. The van der Waals surface area contributed by atoms with Crippen molar-refractivity contribution in [1.82, 2.24) is 19.4 Å². The standard InChI is InChI=1S/C10H11N7O2S/c11-15-8-9(17-6-2-1-3-7(17)14-8)20(18,19)16-10-12-4-5-13-10/h1-6,15H,11H2,(H2,12,13,16). The quantitative estimate of drug-likeness (QED) is 0.400. The van der Waals surface area contributed by atoms with Gasteiger partial charge in [-0.1, -0.05) is 6.07 Å². The molecule has 3 heterocycles. The van der Waals surface area contributed by atoms with Gasteiger partial charge in [0, 0.05) is 18.6 Å². The van der Waals surface area contributed by atoms with Gasteiger partial charge < -0.3 is 10.4 Å². The minimum absolute atomic E-state index is 0.0512. The monoisotopic (exact) mass is 293 g/mol. The average molecular weight is 293 g/mol. The highest BCUT2D eigenvalue weighted by atomic mass is 32.2. The maximum Gasteiger partial charge on any atom is 0.284 e. The number of pyridine rings is 1. The fourth-order valence-electron chi connectivity index (χ4n) is 1.82. The molecule has 3 rings (SSSR count). The van der Waals surface area contributed by atoms with Crippen LogP contribution in [0.3, 0.4) is 0 Å². The largest absolute Gasteiger partial charge is 0.330 e. The Kier molecular flexibility index (Phi) is 2.80. The Morgan fingerprint density at radius 1 is 1.35 bits per heavy atom. The molecular weight excluding hydrogens is 282 g/mol. The van der Waals surface area contributed by atoms with Crippen molar-refractivity contribution in [3.63, 3.8) is 0 Å². The summed E-state index contributed by atoms with van der Waals surface area (Å²) in [5, 5.41) is -0.0907. The Bertz CT molecular complexity index is 838. The van der Waals surface area contributed by atoms with E-state index in [2.05, 4.69) is 25.1 Å². The molecule has 0 fully saturated rings. The van der Waals surface area contributed by atoms with E-state index in [0.29, 0.717) is 5.65 Å². The van der Waals surface area contributed by atoms with Gasteiger partial charge in [-0.05, 0) is 12.1 Å². The summed E-state index contributed by atoms with van der Waals surface area (Å²) in [6.07, 6.45) is 4.53. The molecule has 0 aliphatic rings. The van der Waals surface area contributed by atoms with Gasteiger partial charge in [-0.25, -0.2) is 20.5 Å². The first kappa shape index (κ1) is 12.4. The van der Waals surface area contributed by atoms with E-state index in [4.69, 9.17) is 5.84 Å². The molecule has 0 saturated carbocycles. The lowest BCUT2D eigenvalue weighted by molar-refractivity contribution is 0.596. The van der Waals surface area contributed by atoms with Gasteiger partial charge in [-0.3, -0.25) is 4.40 Å². The van der Waals surface area contributed by atoms with Crippen molar-refractivity contribution in [3.8, 4) is 0 Å². The minimum atomic E-state index is -3.90. The molecule has 10 heteroatoms. The fraction of sp³-hybridized carbons (Fsp3) is 0. The Balaban J connectivity index is 2.17. The van der Waals surface area contributed by atoms with Crippen LogP contribution in [-0.2, 0) is 10.0 Å². The molecule has 0 amide bonds. The van der Waals surface area contributed by atoms with E-state index in [1.807, 2.05) is 0 Å². The summed E-state index contributed by atoms with van der Waals surface area (Å²) in [5.41, 5.74) is 2.75. The first-order chi connectivity index (χ1) is 9.62. The average Bonchev–Trinajstić information content (AvgIpc) is 3.04. The molecule has 9 nitrogen and oxygen atoms in total. The van der Waals surface area contributed by atoms with Gasteiger partial charge in [0.2, 0.25) is 11.0 Å². The minimum Gasteiger partial charge on any atom is -0.330 e. The molecular formula is C10H11N7O2S. The SMILES string of the molecule is NNc1nc2ccccn2c1S(=O)(=O)Nc1ncc[nH]1. The molecule has 0 aliphatic heterocycles. The molecule has 0 aliphatic carbocycles. The molecule has 0 atom stereocenters. The van der Waals surface area contributed by atoms with Gasteiger partial charge in [0.15, 0.2) is 5.82 Å². The third-order valence-corrected chi connectivity index (χ3v) is 3.97. The van der Waals surface area contributed by atoms with Crippen molar-refractivity contribution in [3.05, 3.63) is 36.8 Å². The number of hydrogen-bond acceptors (Lipinski definition) is 6. The highest BCUT2D eigenvalue weighted by Crippen LogP contribution is 2.23. The van der Waals surface area contributed by atoms with Gasteiger partial charge in [0.05, 0.1) is 0 Å². The van der Waals surface area contributed by atoms with Gasteiger partial charge >= 0.3 is 0 Å². The number of nitrogens with two attached hydrogens (primary N) is 1. The first-order valence-corrected chi connectivity index (χ1v) is 7.06. The van der Waals surface area contributed by atoms with Gasteiger partial charge in [-0.2, -0.15) is 8.42 Å². The Hall–Kier alpha value is -2.59. The number of aromatic amines is 1. The predicted octanol–water partition coefficient (Wildman–Crippen LogP) is 0.144. The number of aromatic nitrogens is 4. The lowest BCUT2D eigenvalue weighted by Crippen LogP contribution is -2.19. The van der Waals surface area contributed by atoms with Crippen molar-refractivity contribution < 1.29 is 8.42 Å². The summed E-state index contributed by atoms with van der Waals surface area (Å²) in [7, 11) is -3.90. The number of imidazole rings is 2. The fourth-order valence-corrected chi connectivity index (χ4v) is 3.06. The van der Waals surface area contributed by atoms with Crippen LogP contribution in [-0.4, -0.2) is 27.8 Å². The number of anilines is 2. The summed E-state index contributed by atoms with van der Waals surface area (Å²) in [4.78, 5) is 10.6. The maximum absolute atomic E-state index is 12.4. The van der Waals surface area contributed by atoms with Crippen molar-refractivity contribution >= 4 is 27.4 Å². The molecule has 5 N–H and O–H groups in total. The predicted molar refractivity (Wildman–Crippen MR) is 72.4 cm³/mol. The van der Waals surface area contributed by atoms with E-state index in [9.17, 15) is 8.42 Å². The number of H-pyrrole nitrogens is 1. The molecule has 0 radical (unpaired) electrons. The molecule has 0 aromatic carbocycles. The zero-order valence-electron chi connectivity index (χ0n) is 10.1. The van der Waals surface area contributed by atoms with E-state index >= 15 is 0 Å². The number of nitrogen functional groups attached to an aromatic ring is 1. The van der Waals surface area contributed by atoms with E-state index in [1.54, 1.807) is 24.4 Å². The zero-order valence-corrected chi connectivity index (χ0v) is 10.9. The first-order valence-electron chi connectivity index (χ1n) is 5.58. The highest BCUT2D eigenvalue weighted by molar-refractivity contribution is 7.92. The Morgan fingerprint density at radius 3 is 2.90 bits per heavy atom. The molecule has 3 aromatic rings. The summed E-state index contributed by atoms with van der Waals surface area (Å²) in [5.74, 6) is 5.50. The van der Waals surface area contributed by atoms with Gasteiger partial charge in [0.1, 0.15) is 5.65 Å². The third-order valence-electron chi connectivity index (χ3n) is 2.61. The number of nitrogens with zero attached hydrogens (tertiary/aromatic N) is 3. The van der Waals surface area contributed by atoms with Crippen LogP contribution in [0.4, 0.5) is 11.8 Å². The second-order valence-electron chi connectivity index (χ2n) is 3.88. The van der Waals surface area contributed by atoms with Crippen LogP contribution in [0.5, 0.6) is 0 Å². The summed E-state index contributed by atoms with van der Waals surface area (Å²) >= 11 is 0. The van der Waals surface area contributed by atoms with Crippen LogP contribution >= 0.6 is 0 Å². The van der Waals surface area contributed by atoms with Gasteiger partial charge in [0.25, 0.3) is 10.0 Å². The number of fused-ring (bicyclic) bond motifs is 1. The topological polar surface area (TPSA) is 130 Å². The number of hydrazine groups is 1. The zero-order chi connectivity index (χ0) is 14.2. The number of rotatable bonds is 4. The molecule has 3 aromatic heterocycles. The molecule has 0 unspecified atom stereocenters. The maximum atomic E-state index is 12.4. The van der Waals surface area contributed by atoms with Crippen molar-refractivity contribution in [2.75, 3.05) is 10.1 Å². The smallest absolute Gasteiger partial charge is 0.284 e. The lowest BCUT2D eigenvalue weighted by Gasteiger charge is -2.06. The second-order valence-corrected chi connectivity index (χ2v) is 5.48. The third kappa shape index (κ3) is 1.96. The normalized spacial score (nSPS) is 11.7. The van der Waals surface area contributed by atoms with E-state index in [0.717, 1.165) is 0 Å². The van der Waals surface area contributed by atoms with E-state index in [-0.39, 0.29) is 16.8 Å². The van der Waals surface area contributed by atoms with Crippen LogP contribution in [0.2, 0.25) is 0 Å². The molecule has 0 bridgehead atoms. The Labute approximate surface area is 113 Å². The van der Waals surface area contributed by atoms with Crippen LogP contribution in [0, 0.1) is 0 Å². The summed E-state index contributed by atoms with van der Waals surface area (Å²) in [6, 6.07) is 5.12. The molecule has 0 saturated heterocycles. The van der Waals surface area contributed by atoms with Crippen LogP contribution in [0.1, 0.15) is 0 Å². The van der Waals surface area contributed by atoms with Crippen molar-refractivity contribution in [2.24, 2.45) is 5.84 Å². The second kappa shape index (κ2) is 4.51. The molecule has 20 heavy (non-hydrogen) atoms. The van der Waals surface area contributed by atoms with Crippen LogP contribution in [0.15, 0.2) is 41.8 Å². The van der Waals surface area contributed by atoms with Gasteiger partial charge in [-0.15, -0.1) is 0 Å². The van der Waals surface area contributed by atoms with Crippen LogP contribution in [0.25, 0.3) is 5.65 Å². The van der Waals surface area contributed by atoms with E-state index < -0.39 is 10.0 Å². The van der Waals surface area contributed by atoms with E-state index in [1.165, 1.54) is 16.8 Å². The lowest BCUT2D eigenvalue weighted by atomic mass is 10.5. The highest BCUT2D eigenvalue weighted by Gasteiger charge is 2.25. The summed E-state index contributed by atoms with van der Waals surface area (Å²) < 4.78 is 28.6. The van der Waals surface area contributed by atoms with Crippen LogP contribution < -0.4 is 16.0 Å². The molecule has 104 valence electrons. The summed E-state index contributed by atoms with van der Waals surface area (Å²) in [6.45, 7) is 0. The van der Waals surface area contributed by atoms with Crippen molar-refractivity contribution in [2.45, 2.75) is 5.03 Å². The number of nitrogens with one attached hydrogen (secondary N) is 3. The van der Waals surface area contributed by atoms with Crippen molar-refractivity contribution in [1.29, 1.82) is 0 Å².